The first-order chi connectivity index (χ1) is 15.0. The number of amides is 1. The van der Waals surface area contributed by atoms with Crippen molar-refractivity contribution in [1.29, 1.82) is 0 Å². The predicted molar refractivity (Wildman–Crippen MR) is 127 cm³/mol. The number of hydrogen-bond donors (Lipinski definition) is 2. The third-order valence-electron chi connectivity index (χ3n) is 4.76. The highest BCUT2D eigenvalue weighted by Crippen LogP contribution is 2.28. The third kappa shape index (κ3) is 5.50. The summed E-state index contributed by atoms with van der Waals surface area (Å²) in [4.78, 5) is 33.4. The molecular weight excluding hydrogens is 473 g/mol. The van der Waals surface area contributed by atoms with Gasteiger partial charge in [-0.1, -0.05) is 42.8 Å². The lowest BCUT2D eigenvalue weighted by Gasteiger charge is -2.17. The van der Waals surface area contributed by atoms with Gasteiger partial charge < -0.3 is 19.7 Å². The SMILES string of the molecule is CC(NC(=O)O)c1nc2c(Cl)ccc(Cl)c2c(=O)n1-c1cn(COCC[Si](C)(C)C)cn1. The first kappa shape index (κ1) is 24.2. The minimum Gasteiger partial charge on any atom is -0.465 e. The largest absolute Gasteiger partial charge is 0.465 e. The van der Waals surface area contributed by atoms with Gasteiger partial charge in [0.1, 0.15) is 12.6 Å². The third-order valence-corrected chi connectivity index (χ3v) is 7.09. The fourth-order valence-corrected chi connectivity index (χ4v) is 4.27. The van der Waals surface area contributed by atoms with E-state index in [1.807, 2.05) is 0 Å². The van der Waals surface area contributed by atoms with E-state index in [0.717, 1.165) is 6.04 Å². The molecule has 12 heteroatoms. The molecule has 2 N–H and O–H groups in total. The van der Waals surface area contributed by atoms with Crippen molar-refractivity contribution in [3.63, 3.8) is 0 Å². The van der Waals surface area contributed by atoms with Gasteiger partial charge in [-0.3, -0.25) is 4.79 Å². The molecule has 1 amide bonds. The Hall–Kier alpha value is -2.40. The molecule has 2 aromatic heterocycles. The Balaban J connectivity index is 2.04. The lowest BCUT2D eigenvalue weighted by Crippen LogP contribution is -2.32. The maximum absolute atomic E-state index is 13.4. The number of nitrogens with one attached hydrogen (secondary N) is 1. The van der Waals surface area contributed by atoms with Crippen molar-refractivity contribution < 1.29 is 14.6 Å². The van der Waals surface area contributed by atoms with Gasteiger partial charge in [0.25, 0.3) is 5.56 Å². The van der Waals surface area contributed by atoms with Crippen molar-refractivity contribution in [2.75, 3.05) is 6.61 Å². The van der Waals surface area contributed by atoms with Crippen LogP contribution in [0.5, 0.6) is 0 Å². The minimum atomic E-state index is -1.25. The summed E-state index contributed by atoms with van der Waals surface area (Å²) < 4.78 is 8.68. The van der Waals surface area contributed by atoms with Gasteiger partial charge in [-0.25, -0.2) is 19.3 Å². The molecule has 0 aliphatic carbocycles. The van der Waals surface area contributed by atoms with E-state index in [2.05, 4.69) is 34.9 Å². The topological polar surface area (TPSA) is 111 Å². The van der Waals surface area contributed by atoms with Crippen molar-refractivity contribution in [3.8, 4) is 5.82 Å². The summed E-state index contributed by atoms with van der Waals surface area (Å²) in [6, 6.07) is 3.26. The van der Waals surface area contributed by atoms with E-state index in [1.165, 1.54) is 16.7 Å². The summed E-state index contributed by atoms with van der Waals surface area (Å²) in [7, 11) is -1.20. The van der Waals surface area contributed by atoms with E-state index in [1.54, 1.807) is 24.0 Å². The maximum Gasteiger partial charge on any atom is 0.405 e. The van der Waals surface area contributed by atoms with Crippen LogP contribution in [0.15, 0.2) is 29.5 Å². The van der Waals surface area contributed by atoms with E-state index >= 15 is 0 Å². The number of halogens is 2. The monoisotopic (exact) mass is 497 g/mol. The summed E-state index contributed by atoms with van der Waals surface area (Å²) in [5.74, 6) is 0.405. The highest BCUT2D eigenvalue weighted by Gasteiger charge is 2.23. The molecule has 0 radical (unpaired) electrons. The fraction of sp³-hybridized carbons (Fsp3) is 0.400. The van der Waals surface area contributed by atoms with Gasteiger partial charge in [0, 0.05) is 14.7 Å². The van der Waals surface area contributed by atoms with E-state index in [4.69, 9.17) is 33.0 Å². The number of aromatic nitrogens is 4. The Morgan fingerprint density at radius 1 is 1.28 bits per heavy atom. The molecule has 3 aromatic rings. The normalized spacial score (nSPS) is 12.8. The van der Waals surface area contributed by atoms with Gasteiger partial charge in [-0.05, 0) is 25.1 Å². The number of benzene rings is 1. The standard InChI is InChI=1S/C20H25Cl2N5O4Si/c1-12(24-20(29)30)18-25-17-14(22)6-5-13(21)16(17)19(28)27(18)15-9-26(10-23-15)11-31-7-8-32(2,3)4/h5-6,9-10,12,24H,7-8,11H2,1-4H3,(H,29,30). The van der Waals surface area contributed by atoms with Crippen LogP contribution in [-0.2, 0) is 11.5 Å². The van der Waals surface area contributed by atoms with Crippen molar-refractivity contribution in [1.82, 2.24) is 24.4 Å². The van der Waals surface area contributed by atoms with E-state index in [9.17, 15) is 9.59 Å². The Bertz CT molecular complexity index is 1210. The average molecular weight is 498 g/mol. The van der Waals surface area contributed by atoms with Gasteiger partial charge in [0.2, 0.25) is 0 Å². The molecule has 32 heavy (non-hydrogen) atoms. The van der Waals surface area contributed by atoms with Gasteiger partial charge in [0.05, 0.1) is 39.5 Å². The number of ether oxygens (including phenoxy) is 1. The second-order valence-electron chi connectivity index (χ2n) is 8.63. The van der Waals surface area contributed by atoms with Crippen LogP contribution in [0.3, 0.4) is 0 Å². The summed E-state index contributed by atoms with van der Waals surface area (Å²) in [5, 5.41) is 12.0. The Labute approximate surface area is 196 Å². The molecule has 1 atom stereocenters. The fourth-order valence-electron chi connectivity index (χ4n) is 3.08. The molecule has 1 aromatic carbocycles. The molecule has 0 saturated heterocycles. The smallest absolute Gasteiger partial charge is 0.405 e. The molecule has 0 spiro atoms. The van der Waals surface area contributed by atoms with Crippen LogP contribution in [-0.4, -0.2) is 45.0 Å². The van der Waals surface area contributed by atoms with Crippen LogP contribution in [0, 0.1) is 0 Å². The van der Waals surface area contributed by atoms with Gasteiger partial charge in [0.15, 0.2) is 5.82 Å². The number of nitrogens with zero attached hydrogens (tertiary/aromatic N) is 4. The molecule has 0 aliphatic heterocycles. The predicted octanol–water partition coefficient (Wildman–Crippen LogP) is 4.53. The number of rotatable bonds is 8. The molecule has 9 nitrogen and oxygen atoms in total. The highest BCUT2D eigenvalue weighted by atomic mass is 35.5. The number of fused-ring (bicyclic) bond motifs is 1. The van der Waals surface area contributed by atoms with Crippen molar-refractivity contribution >= 4 is 48.3 Å². The quantitative estimate of drug-likeness (QED) is 0.349. The van der Waals surface area contributed by atoms with Crippen molar-refractivity contribution in [2.45, 2.75) is 45.4 Å². The lowest BCUT2D eigenvalue weighted by molar-refractivity contribution is 0.0871. The second kappa shape index (κ2) is 9.61. The Kier molecular flexibility index (Phi) is 7.28. The molecule has 0 bridgehead atoms. The minimum absolute atomic E-state index is 0.131. The first-order valence-corrected chi connectivity index (χ1v) is 14.4. The number of carboxylic acid groups (broad SMARTS) is 1. The summed E-state index contributed by atoms with van der Waals surface area (Å²) >= 11 is 12.5. The number of hydrogen-bond acceptors (Lipinski definition) is 5. The van der Waals surface area contributed by atoms with Crippen LogP contribution >= 0.6 is 23.2 Å². The summed E-state index contributed by atoms with van der Waals surface area (Å²) in [6.45, 7) is 9.31. The molecule has 2 heterocycles. The second-order valence-corrected chi connectivity index (χ2v) is 15.1. The van der Waals surface area contributed by atoms with Crippen LogP contribution in [0.2, 0.25) is 35.7 Å². The number of carbonyl (C=O) groups is 1. The zero-order chi connectivity index (χ0) is 23.6. The van der Waals surface area contributed by atoms with Crippen molar-refractivity contribution in [3.05, 3.63) is 50.9 Å². The maximum atomic E-state index is 13.4. The molecule has 3 rings (SSSR count). The molecule has 1 unspecified atom stereocenters. The zero-order valence-corrected chi connectivity index (χ0v) is 20.7. The highest BCUT2D eigenvalue weighted by molar-refractivity contribution is 6.76. The van der Waals surface area contributed by atoms with E-state index < -0.39 is 25.8 Å². The molecule has 0 fully saturated rings. The summed E-state index contributed by atoms with van der Waals surface area (Å²) in [5.41, 5.74) is -0.301. The lowest BCUT2D eigenvalue weighted by atomic mass is 10.2. The van der Waals surface area contributed by atoms with E-state index in [-0.39, 0.29) is 39.3 Å². The molecular formula is C20H25Cl2N5O4Si. The van der Waals surface area contributed by atoms with Crippen molar-refractivity contribution in [2.24, 2.45) is 0 Å². The zero-order valence-electron chi connectivity index (χ0n) is 18.2. The van der Waals surface area contributed by atoms with Gasteiger partial charge in [-0.15, -0.1) is 0 Å². The van der Waals surface area contributed by atoms with Crippen LogP contribution in [0.1, 0.15) is 18.8 Å². The van der Waals surface area contributed by atoms with E-state index in [0.29, 0.717) is 6.61 Å². The first-order valence-electron chi connectivity index (χ1n) is 9.98. The number of imidazole rings is 1. The van der Waals surface area contributed by atoms with Crippen LogP contribution in [0.4, 0.5) is 4.79 Å². The van der Waals surface area contributed by atoms with Gasteiger partial charge >= 0.3 is 6.09 Å². The van der Waals surface area contributed by atoms with Crippen LogP contribution < -0.4 is 10.9 Å². The molecule has 0 saturated carbocycles. The Morgan fingerprint density at radius 2 is 1.97 bits per heavy atom. The molecule has 0 aliphatic rings. The molecule has 172 valence electrons. The summed E-state index contributed by atoms with van der Waals surface area (Å²) in [6.07, 6.45) is 1.93. The van der Waals surface area contributed by atoms with Gasteiger partial charge in [-0.2, -0.15) is 0 Å². The Morgan fingerprint density at radius 3 is 2.62 bits per heavy atom. The average Bonchev–Trinajstić information content (AvgIpc) is 3.14. The van der Waals surface area contributed by atoms with Crippen LogP contribution in [0.25, 0.3) is 16.7 Å².